The van der Waals surface area contributed by atoms with E-state index in [9.17, 15) is 4.79 Å². The van der Waals surface area contributed by atoms with Gasteiger partial charge in [-0.25, -0.2) is 0 Å². The number of thioether (sulfide) groups is 1. The van der Waals surface area contributed by atoms with Crippen molar-refractivity contribution in [3.8, 4) is 0 Å². The molecule has 0 radical (unpaired) electrons. The maximum atomic E-state index is 11.2. The van der Waals surface area contributed by atoms with Crippen molar-refractivity contribution in [3.63, 3.8) is 0 Å². The number of carbonyl (C=O) groups excluding carboxylic acids is 1. The van der Waals surface area contributed by atoms with Crippen LogP contribution >= 0.6 is 11.8 Å². The van der Waals surface area contributed by atoms with Gasteiger partial charge in [0.25, 0.3) is 0 Å². The summed E-state index contributed by atoms with van der Waals surface area (Å²) in [5.74, 6) is 6.56. The van der Waals surface area contributed by atoms with Gasteiger partial charge in [0, 0.05) is 48.8 Å². The van der Waals surface area contributed by atoms with Crippen molar-refractivity contribution in [2.45, 2.75) is 97.4 Å². The van der Waals surface area contributed by atoms with Crippen molar-refractivity contribution in [2.75, 3.05) is 37.7 Å². The Labute approximate surface area is 260 Å². The SMILES string of the molecule is CC1C(c2ccc(C=O)cc2)=CCC2(C)C1CCC1(C)C2CCC2[C@H]3CCCC3(NCCN3CCSCC3)CC[C@]21C. The third-order valence-electron chi connectivity index (χ3n) is 14.9. The monoisotopic (exact) mass is 588 g/mol. The van der Waals surface area contributed by atoms with E-state index in [0.29, 0.717) is 27.7 Å². The van der Waals surface area contributed by atoms with Crippen molar-refractivity contribution in [1.82, 2.24) is 10.2 Å². The number of hydrogen-bond donors (Lipinski definition) is 1. The maximum absolute atomic E-state index is 11.2. The van der Waals surface area contributed by atoms with E-state index in [1.165, 1.54) is 113 Å². The van der Waals surface area contributed by atoms with Crippen LogP contribution in [0.1, 0.15) is 108 Å². The van der Waals surface area contributed by atoms with E-state index in [4.69, 9.17) is 0 Å². The van der Waals surface area contributed by atoms with E-state index in [0.717, 1.165) is 35.5 Å². The summed E-state index contributed by atoms with van der Waals surface area (Å²) in [7, 11) is 0. The van der Waals surface area contributed by atoms with Gasteiger partial charge in [-0.1, -0.05) is 64.5 Å². The second-order valence-corrected chi connectivity index (χ2v) is 17.4. The molecule has 42 heavy (non-hydrogen) atoms. The zero-order valence-electron chi connectivity index (χ0n) is 26.9. The number of hydrogen-bond acceptors (Lipinski definition) is 4. The molecule has 1 aromatic rings. The van der Waals surface area contributed by atoms with Crippen LogP contribution in [0.25, 0.3) is 5.57 Å². The number of nitrogens with one attached hydrogen (secondary N) is 1. The zero-order chi connectivity index (χ0) is 29.2. The minimum Gasteiger partial charge on any atom is -0.310 e. The molecule has 7 rings (SSSR count). The van der Waals surface area contributed by atoms with Crippen LogP contribution in [0.3, 0.4) is 0 Å². The third kappa shape index (κ3) is 4.46. The first-order valence-corrected chi connectivity index (χ1v) is 18.7. The molecule has 1 heterocycles. The predicted octanol–water partition coefficient (Wildman–Crippen LogP) is 8.35. The lowest BCUT2D eigenvalue weighted by Crippen LogP contribution is -2.67. The molecule has 230 valence electrons. The number of aldehydes is 1. The third-order valence-corrected chi connectivity index (χ3v) is 15.9. The van der Waals surface area contributed by atoms with Crippen molar-refractivity contribution in [2.24, 2.45) is 45.8 Å². The van der Waals surface area contributed by atoms with Gasteiger partial charge in [0.1, 0.15) is 6.29 Å². The van der Waals surface area contributed by atoms with Crippen LogP contribution < -0.4 is 5.32 Å². The van der Waals surface area contributed by atoms with E-state index in [2.05, 4.69) is 67.9 Å². The molecule has 1 aromatic carbocycles. The van der Waals surface area contributed by atoms with Crippen molar-refractivity contribution in [3.05, 3.63) is 41.5 Å². The topological polar surface area (TPSA) is 32.3 Å². The molecular formula is C38H56N2OS. The lowest BCUT2D eigenvalue weighted by Gasteiger charge is -2.71. The minimum atomic E-state index is 0.391. The highest BCUT2D eigenvalue weighted by atomic mass is 32.2. The van der Waals surface area contributed by atoms with Gasteiger partial charge in [0.15, 0.2) is 0 Å². The molecule has 3 nitrogen and oxygen atoms in total. The fourth-order valence-corrected chi connectivity index (χ4v) is 13.5. The highest BCUT2D eigenvalue weighted by molar-refractivity contribution is 7.99. The average Bonchev–Trinajstić information content (AvgIpc) is 3.42. The van der Waals surface area contributed by atoms with Gasteiger partial charge in [-0.05, 0) is 115 Å². The van der Waals surface area contributed by atoms with Gasteiger partial charge in [-0.3, -0.25) is 4.79 Å². The first-order chi connectivity index (χ1) is 20.2. The molecule has 6 aliphatic rings. The van der Waals surface area contributed by atoms with Gasteiger partial charge in [0.2, 0.25) is 0 Å². The van der Waals surface area contributed by atoms with Crippen LogP contribution in [-0.2, 0) is 0 Å². The fourth-order valence-electron chi connectivity index (χ4n) is 12.5. The first-order valence-electron chi connectivity index (χ1n) is 17.5. The highest BCUT2D eigenvalue weighted by Gasteiger charge is 2.68. The Balaban J connectivity index is 1.11. The quantitative estimate of drug-likeness (QED) is 0.339. The van der Waals surface area contributed by atoms with E-state index in [-0.39, 0.29) is 0 Å². The Bertz CT molecular complexity index is 1190. The largest absolute Gasteiger partial charge is 0.310 e. The molecule has 0 spiro atoms. The number of benzene rings is 1. The van der Waals surface area contributed by atoms with Crippen LogP contribution in [0, 0.1) is 45.8 Å². The number of nitrogens with zero attached hydrogens (tertiary/aromatic N) is 1. The fraction of sp³-hybridized carbons (Fsp3) is 0.763. The molecule has 1 N–H and O–H groups in total. The van der Waals surface area contributed by atoms with Crippen LogP contribution in [0.2, 0.25) is 0 Å². The van der Waals surface area contributed by atoms with Crippen molar-refractivity contribution < 1.29 is 4.79 Å². The Morgan fingerprint density at radius 1 is 0.905 bits per heavy atom. The van der Waals surface area contributed by atoms with Crippen LogP contribution in [-0.4, -0.2) is 54.4 Å². The molecule has 0 bridgehead atoms. The van der Waals surface area contributed by atoms with Gasteiger partial charge < -0.3 is 10.2 Å². The Morgan fingerprint density at radius 3 is 2.45 bits per heavy atom. The van der Waals surface area contributed by atoms with E-state index >= 15 is 0 Å². The molecule has 1 aliphatic heterocycles. The van der Waals surface area contributed by atoms with Gasteiger partial charge in [0.05, 0.1) is 0 Å². The van der Waals surface area contributed by atoms with Crippen LogP contribution in [0.4, 0.5) is 0 Å². The van der Waals surface area contributed by atoms with Gasteiger partial charge in [-0.15, -0.1) is 0 Å². The summed E-state index contributed by atoms with van der Waals surface area (Å²) in [5.41, 5.74) is 5.35. The minimum absolute atomic E-state index is 0.391. The summed E-state index contributed by atoms with van der Waals surface area (Å²) in [6.07, 6.45) is 17.6. The maximum Gasteiger partial charge on any atom is 0.150 e. The summed E-state index contributed by atoms with van der Waals surface area (Å²) >= 11 is 2.13. The molecule has 0 amide bonds. The molecule has 4 heteroatoms. The summed E-state index contributed by atoms with van der Waals surface area (Å²) in [6.45, 7) is 15.8. The molecule has 7 unspecified atom stereocenters. The molecule has 1 saturated heterocycles. The number of fused-ring (bicyclic) bond motifs is 7. The smallest absolute Gasteiger partial charge is 0.150 e. The van der Waals surface area contributed by atoms with E-state index in [1.54, 1.807) is 0 Å². The lowest BCUT2D eigenvalue weighted by atomic mass is 9.34. The number of rotatable bonds is 6. The molecular weight excluding hydrogens is 532 g/mol. The summed E-state index contributed by atoms with van der Waals surface area (Å²) in [5, 5.41) is 4.29. The summed E-state index contributed by atoms with van der Waals surface area (Å²) in [6, 6.07) is 8.36. The Morgan fingerprint density at radius 2 is 1.69 bits per heavy atom. The van der Waals surface area contributed by atoms with Crippen molar-refractivity contribution >= 4 is 23.6 Å². The molecule has 5 aliphatic carbocycles. The normalized spacial score (nSPS) is 45.2. The van der Waals surface area contributed by atoms with Crippen LogP contribution in [0.5, 0.6) is 0 Å². The first kappa shape index (κ1) is 29.6. The summed E-state index contributed by atoms with van der Waals surface area (Å²) in [4.78, 5) is 13.9. The molecule has 0 aromatic heterocycles. The number of carbonyl (C=O) groups is 1. The standard InChI is InChI=1S/C38H56N2OS/c1-27-30(29-9-7-28(26-41)8-10-29)13-16-35(2)31(27)14-17-37(4)34(35)12-11-32-33-6-5-15-38(33,19-18-36(32,37)3)39-20-21-40-22-24-42-25-23-40/h7-10,13,26-27,31-34,39H,5-6,11-12,14-25H2,1-4H3/t27?,31?,32?,33-,34?,35?,36-,37?,38?/m1/s1. The Hall–Kier alpha value is -1.10. The van der Waals surface area contributed by atoms with Gasteiger partial charge >= 0.3 is 0 Å². The van der Waals surface area contributed by atoms with Crippen LogP contribution in [0.15, 0.2) is 30.3 Å². The second-order valence-electron chi connectivity index (χ2n) is 16.2. The molecule has 4 saturated carbocycles. The molecule has 9 atom stereocenters. The van der Waals surface area contributed by atoms with E-state index in [1.807, 2.05) is 12.1 Å². The average molecular weight is 589 g/mol. The second kappa shape index (κ2) is 11.1. The van der Waals surface area contributed by atoms with E-state index < -0.39 is 0 Å². The summed E-state index contributed by atoms with van der Waals surface area (Å²) < 4.78 is 0. The lowest BCUT2D eigenvalue weighted by molar-refractivity contribution is -0.211. The van der Waals surface area contributed by atoms with Gasteiger partial charge in [-0.2, -0.15) is 11.8 Å². The Kier molecular flexibility index (Phi) is 7.79. The highest BCUT2D eigenvalue weighted by Crippen LogP contribution is 2.75. The predicted molar refractivity (Wildman–Crippen MR) is 178 cm³/mol. The molecule has 5 fully saturated rings. The number of allylic oxidation sites excluding steroid dienone is 2. The zero-order valence-corrected chi connectivity index (χ0v) is 27.7. The van der Waals surface area contributed by atoms with Crippen molar-refractivity contribution in [1.29, 1.82) is 0 Å².